The molecule has 2 aromatic carbocycles. The fourth-order valence-electron chi connectivity index (χ4n) is 2.52. The van der Waals surface area contributed by atoms with E-state index < -0.39 is 0 Å². The third kappa shape index (κ3) is 5.79. The maximum atomic E-state index is 12.4. The van der Waals surface area contributed by atoms with Gasteiger partial charge in [-0.25, -0.2) is 0 Å². The number of amides is 2. The Morgan fingerprint density at radius 3 is 2.26 bits per heavy atom. The van der Waals surface area contributed by atoms with Gasteiger partial charge in [0.05, 0.1) is 12.7 Å². The molecule has 27 heavy (non-hydrogen) atoms. The number of methoxy groups -OCH3 is 1. The summed E-state index contributed by atoms with van der Waals surface area (Å²) in [5.41, 5.74) is 2.68. The largest absolute Gasteiger partial charge is 0.496 e. The van der Waals surface area contributed by atoms with Crippen molar-refractivity contribution in [2.45, 2.75) is 26.7 Å². The molecular formula is C20H23N3O3S. The van der Waals surface area contributed by atoms with E-state index in [4.69, 9.17) is 17.0 Å². The van der Waals surface area contributed by atoms with Gasteiger partial charge in [0.15, 0.2) is 5.11 Å². The van der Waals surface area contributed by atoms with Crippen molar-refractivity contribution in [3.8, 4) is 5.75 Å². The van der Waals surface area contributed by atoms with E-state index >= 15 is 0 Å². The Kier molecular flexibility index (Phi) is 7.31. The second-order valence-corrected chi connectivity index (χ2v) is 6.35. The first-order chi connectivity index (χ1) is 12.9. The van der Waals surface area contributed by atoms with Crippen LogP contribution < -0.4 is 20.7 Å². The fourth-order valence-corrected chi connectivity index (χ4v) is 2.73. The molecule has 0 spiro atoms. The van der Waals surface area contributed by atoms with Crippen LogP contribution in [0, 0.1) is 6.92 Å². The first-order valence-corrected chi connectivity index (χ1v) is 9.01. The molecule has 0 unspecified atom stereocenters. The molecule has 0 aromatic heterocycles. The van der Waals surface area contributed by atoms with Gasteiger partial charge in [0.2, 0.25) is 5.91 Å². The molecule has 0 saturated carbocycles. The van der Waals surface area contributed by atoms with E-state index in [1.165, 1.54) is 7.11 Å². The second-order valence-electron chi connectivity index (χ2n) is 5.94. The molecule has 6 nitrogen and oxygen atoms in total. The number of ether oxygens (including phenoxy) is 1. The van der Waals surface area contributed by atoms with Gasteiger partial charge in [-0.3, -0.25) is 14.9 Å². The van der Waals surface area contributed by atoms with Crippen LogP contribution in [-0.2, 0) is 4.79 Å². The van der Waals surface area contributed by atoms with Crippen LogP contribution in [0.15, 0.2) is 42.5 Å². The number of hydrogen-bond acceptors (Lipinski definition) is 4. The number of nitrogens with one attached hydrogen (secondary N) is 3. The minimum absolute atomic E-state index is 0.0203. The van der Waals surface area contributed by atoms with Gasteiger partial charge in [-0.2, -0.15) is 0 Å². The van der Waals surface area contributed by atoms with Crippen LogP contribution in [0.25, 0.3) is 0 Å². The van der Waals surface area contributed by atoms with Gasteiger partial charge in [0.25, 0.3) is 5.91 Å². The van der Waals surface area contributed by atoms with Gasteiger partial charge in [-0.05, 0) is 61.5 Å². The summed E-state index contributed by atoms with van der Waals surface area (Å²) in [6, 6.07) is 12.4. The Labute approximate surface area is 164 Å². The SMILES string of the molecule is CCCC(=O)Nc1ccc(NC(=S)NC(=O)c2cccc(C)c2OC)cc1. The van der Waals surface area contributed by atoms with E-state index in [-0.39, 0.29) is 16.9 Å². The van der Waals surface area contributed by atoms with E-state index in [1.807, 2.05) is 19.9 Å². The van der Waals surface area contributed by atoms with Gasteiger partial charge in [-0.15, -0.1) is 0 Å². The molecule has 0 saturated heterocycles. The van der Waals surface area contributed by atoms with Crippen molar-refractivity contribution in [3.05, 3.63) is 53.6 Å². The molecule has 0 aliphatic heterocycles. The van der Waals surface area contributed by atoms with Crippen molar-refractivity contribution >= 4 is 40.5 Å². The molecule has 0 fully saturated rings. The highest BCUT2D eigenvalue weighted by Gasteiger charge is 2.15. The predicted octanol–water partition coefficient (Wildman–Crippen LogP) is 3.87. The minimum Gasteiger partial charge on any atom is -0.496 e. The van der Waals surface area contributed by atoms with Crippen molar-refractivity contribution in [2.24, 2.45) is 0 Å². The highest BCUT2D eigenvalue weighted by molar-refractivity contribution is 7.80. The maximum absolute atomic E-state index is 12.4. The van der Waals surface area contributed by atoms with E-state index in [0.717, 1.165) is 12.0 Å². The van der Waals surface area contributed by atoms with E-state index in [0.29, 0.717) is 29.1 Å². The average molecular weight is 385 g/mol. The van der Waals surface area contributed by atoms with Crippen molar-refractivity contribution in [1.82, 2.24) is 5.32 Å². The zero-order chi connectivity index (χ0) is 19.8. The predicted molar refractivity (Wildman–Crippen MR) is 111 cm³/mol. The topological polar surface area (TPSA) is 79.5 Å². The maximum Gasteiger partial charge on any atom is 0.261 e. The normalized spacial score (nSPS) is 10.0. The van der Waals surface area contributed by atoms with Crippen LogP contribution in [-0.4, -0.2) is 24.0 Å². The van der Waals surface area contributed by atoms with Gasteiger partial charge >= 0.3 is 0 Å². The van der Waals surface area contributed by atoms with Crippen LogP contribution in [0.1, 0.15) is 35.7 Å². The quantitative estimate of drug-likeness (QED) is 0.658. The summed E-state index contributed by atoms with van der Waals surface area (Å²) in [5, 5.41) is 8.57. The average Bonchev–Trinajstić information content (AvgIpc) is 2.63. The summed E-state index contributed by atoms with van der Waals surface area (Å²) in [7, 11) is 1.52. The third-order valence-electron chi connectivity index (χ3n) is 3.79. The smallest absolute Gasteiger partial charge is 0.261 e. The number of anilines is 2. The number of carbonyl (C=O) groups excluding carboxylic acids is 2. The first-order valence-electron chi connectivity index (χ1n) is 8.60. The Morgan fingerprint density at radius 1 is 1.04 bits per heavy atom. The van der Waals surface area contributed by atoms with E-state index in [9.17, 15) is 9.59 Å². The van der Waals surface area contributed by atoms with Crippen LogP contribution in [0.2, 0.25) is 0 Å². The lowest BCUT2D eigenvalue weighted by Gasteiger charge is -2.13. The molecule has 0 bridgehead atoms. The summed E-state index contributed by atoms with van der Waals surface area (Å²) < 4.78 is 5.30. The molecule has 0 aliphatic carbocycles. The molecule has 0 heterocycles. The Balaban J connectivity index is 1.96. The standard InChI is InChI=1S/C20H23N3O3S/c1-4-6-17(24)21-14-9-11-15(12-10-14)22-20(27)23-19(25)16-8-5-7-13(2)18(16)26-3/h5,7-12H,4,6H2,1-3H3,(H,21,24)(H2,22,23,25,27). The molecule has 7 heteroatoms. The molecule has 2 aromatic rings. The number of thiocarbonyl (C=S) groups is 1. The molecule has 142 valence electrons. The summed E-state index contributed by atoms with van der Waals surface area (Å²) in [4.78, 5) is 24.1. The van der Waals surface area contributed by atoms with Gasteiger partial charge in [-0.1, -0.05) is 19.1 Å². The summed E-state index contributed by atoms with van der Waals surface area (Å²) in [5.74, 6) is 0.148. The second kappa shape index (κ2) is 9.68. The summed E-state index contributed by atoms with van der Waals surface area (Å²) in [6.07, 6.45) is 1.28. The molecule has 2 amide bonds. The van der Waals surface area contributed by atoms with E-state index in [2.05, 4.69) is 16.0 Å². The van der Waals surface area contributed by atoms with Crippen molar-refractivity contribution in [2.75, 3.05) is 17.7 Å². The first kappa shape index (κ1) is 20.4. The number of aryl methyl sites for hydroxylation is 1. The molecular weight excluding hydrogens is 362 g/mol. The van der Waals surface area contributed by atoms with Crippen LogP contribution in [0.5, 0.6) is 5.75 Å². The molecule has 0 atom stereocenters. The Hall–Kier alpha value is -2.93. The number of carbonyl (C=O) groups is 2. The number of para-hydroxylation sites is 1. The highest BCUT2D eigenvalue weighted by atomic mass is 32.1. The fraction of sp³-hybridized carbons (Fsp3) is 0.250. The molecule has 0 aliphatic rings. The van der Waals surface area contributed by atoms with Crippen LogP contribution >= 0.6 is 12.2 Å². The summed E-state index contributed by atoms with van der Waals surface area (Å²) >= 11 is 5.21. The van der Waals surface area contributed by atoms with Gasteiger partial charge in [0, 0.05) is 17.8 Å². The van der Waals surface area contributed by atoms with E-state index in [1.54, 1.807) is 36.4 Å². The Bertz CT molecular complexity index is 835. The molecule has 3 N–H and O–H groups in total. The van der Waals surface area contributed by atoms with Gasteiger partial charge in [0.1, 0.15) is 5.75 Å². The van der Waals surface area contributed by atoms with Crippen molar-refractivity contribution < 1.29 is 14.3 Å². The number of rotatable bonds is 6. The zero-order valence-electron chi connectivity index (χ0n) is 15.6. The highest BCUT2D eigenvalue weighted by Crippen LogP contribution is 2.22. The lowest BCUT2D eigenvalue weighted by atomic mass is 10.1. The zero-order valence-corrected chi connectivity index (χ0v) is 16.4. The molecule has 0 radical (unpaired) electrons. The van der Waals surface area contributed by atoms with Crippen LogP contribution in [0.4, 0.5) is 11.4 Å². The number of benzene rings is 2. The molecule has 2 rings (SSSR count). The van der Waals surface area contributed by atoms with Gasteiger partial charge < -0.3 is 15.4 Å². The van der Waals surface area contributed by atoms with Crippen molar-refractivity contribution in [3.63, 3.8) is 0 Å². The Morgan fingerprint density at radius 2 is 1.67 bits per heavy atom. The monoisotopic (exact) mass is 385 g/mol. The lowest BCUT2D eigenvalue weighted by Crippen LogP contribution is -2.34. The van der Waals surface area contributed by atoms with Crippen LogP contribution in [0.3, 0.4) is 0 Å². The van der Waals surface area contributed by atoms with Crippen molar-refractivity contribution in [1.29, 1.82) is 0 Å². The number of hydrogen-bond donors (Lipinski definition) is 3. The third-order valence-corrected chi connectivity index (χ3v) is 4.00. The lowest BCUT2D eigenvalue weighted by molar-refractivity contribution is -0.116. The minimum atomic E-state index is -0.350. The summed E-state index contributed by atoms with van der Waals surface area (Å²) in [6.45, 7) is 3.82.